The number of hydrogen-bond acceptors (Lipinski definition) is 4. The van der Waals surface area contributed by atoms with Gasteiger partial charge in [0.25, 0.3) is 5.91 Å². The Morgan fingerprint density at radius 1 is 0.872 bits per heavy atom. The van der Waals surface area contributed by atoms with Crippen LogP contribution in [0.15, 0.2) is 54.2 Å². The number of benzene rings is 2. The van der Waals surface area contributed by atoms with Crippen LogP contribution >= 0.6 is 11.3 Å². The number of unbranched alkanes of at least 4 members (excludes halogenated alkanes) is 11. The van der Waals surface area contributed by atoms with E-state index in [0.29, 0.717) is 35.9 Å². The largest absolute Gasteiger partial charge is 0.493 e. The summed E-state index contributed by atoms with van der Waals surface area (Å²) in [4.78, 5) is 14.4. The Bertz CT molecular complexity index is 1130. The number of nitrogens with one attached hydrogen (secondary N) is 1. The standard InChI is InChI=1S/C33H46N2O3S/c1-4-5-6-7-8-9-10-11-12-13-14-17-22-38-31-21-20-29(23-32(31)37-3)34-33(36)30-19-16-15-18-28(30)25-35-24-27(2)39-26-35/h15-16,18-21,23-24,26H,4-14,17,22,25H2,1-3H3/p+1. The summed E-state index contributed by atoms with van der Waals surface area (Å²) in [6.07, 6.45) is 18.0. The molecular weight excluding hydrogens is 504 g/mol. The first-order valence-electron chi connectivity index (χ1n) is 14.7. The third kappa shape index (κ3) is 11.0. The number of anilines is 1. The molecule has 0 unspecified atom stereocenters. The molecule has 39 heavy (non-hydrogen) atoms. The molecule has 0 saturated heterocycles. The zero-order chi connectivity index (χ0) is 27.7. The highest BCUT2D eigenvalue weighted by atomic mass is 32.1. The van der Waals surface area contributed by atoms with Gasteiger partial charge in [-0.1, -0.05) is 107 Å². The number of methoxy groups -OCH3 is 1. The van der Waals surface area contributed by atoms with E-state index in [0.717, 1.165) is 12.0 Å². The third-order valence-electron chi connectivity index (χ3n) is 7.01. The Labute approximate surface area is 239 Å². The van der Waals surface area contributed by atoms with Gasteiger partial charge in [-0.2, -0.15) is 4.57 Å². The van der Waals surface area contributed by atoms with E-state index in [9.17, 15) is 4.79 Å². The van der Waals surface area contributed by atoms with Crippen molar-refractivity contribution in [1.29, 1.82) is 0 Å². The molecule has 212 valence electrons. The lowest BCUT2D eigenvalue weighted by Crippen LogP contribution is -2.32. The topological polar surface area (TPSA) is 51.4 Å². The molecule has 0 radical (unpaired) electrons. The van der Waals surface area contributed by atoms with Crippen molar-refractivity contribution in [3.8, 4) is 11.5 Å². The van der Waals surface area contributed by atoms with Crippen LogP contribution in [-0.2, 0) is 6.54 Å². The maximum atomic E-state index is 13.1. The van der Waals surface area contributed by atoms with Gasteiger partial charge in [-0.05, 0) is 31.5 Å². The van der Waals surface area contributed by atoms with Gasteiger partial charge in [0.05, 0.1) is 18.6 Å². The van der Waals surface area contributed by atoms with Crippen LogP contribution in [-0.4, -0.2) is 19.6 Å². The highest BCUT2D eigenvalue weighted by molar-refractivity contribution is 7.09. The highest BCUT2D eigenvalue weighted by Gasteiger charge is 2.16. The summed E-state index contributed by atoms with van der Waals surface area (Å²) in [5.41, 5.74) is 4.40. The fourth-order valence-corrected chi connectivity index (χ4v) is 5.43. The van der Waals surface area contributed by atoms with Crippen LogP contribution < -0.4 is 19.4 Å². The van der Waals surface area contributed by atoms with Crippen LogP contribution in [0.3, 0.4) is 0 Å². The van der Waals surface area contributed by atoms with E-state index >= 15 is 0 Å². The van der Waals surface area contributed by atoms with Crippen LogP contribution in [0.4, 0.5) is 5.69 Å². The molecule has 0 aliphatic carbocycles. The Morgan fingerprint density at radius 2 is 1.54 bits per heavy atom. The molecule has 6 heteroatoms. The first-order chi connectivity index (χ1) is 19.1. The van der Waals surface area contributed by atoms with E-state index in [2.05, 4.69) is 35.4 Å². The van der Waals surface area contributed by atoms with E-state index in [1.165, 1.54) is 75.5 Å². The van der Waals surface area contributed by atoms with E-state index in [-0.39, 0.29) is 5.91 Å². The van der Waals surface area contributed by atoms with E-state index in [1.807, 2.05) is 42.5 Å². The number of hydrogen-bond donors (Lipinski definition) is 1. The second-order valence-corrected chi connectivity index (χ2v) is 11.4. The third-order valence-corrected chi connectivity index (χ3v) is 7.87. The first kappa shape index (κ1) is 30.7. The molecule has 1 amide bonds. The van der Waals surface area contributed by atoms with E-state index < -0.39 is 0 Å². The minimum Gasteiger partial charge on any atom is -0.493 e. The van der Waals surface area contributed by atoms with Crippen molar-refractivity contribution in [2.24, 2.45) is 0 Å². The number of carbonyl (C=O) groups excluding carboxylic acids is 1. The number of thiazole rings is 1. The second-order valence-electron chi connectivity index (χ2n) is 10.3. The lowest BCUT2D eigenvalue weighted by molar-refractivity contribution is -0.683. The van der Waals surface area contributed by atoms with Crippen LogP contribution in [0, 0.1) is 6.92 Å². The Hall–Kier alpha value is -2.86. The van der Waals surface area contributed by atoms with Gasteiger partial charge in [-0.25, -0.2) is 0 Å². The summed E-state index contributed by atoms with van der Waals surface area (Å²) >= 11 is 1.70. The van der Waals surface area contributed by atoms with Gasteiger partial charge < -0.3 is 14.8 Å². The lowest BCUT2D eigenvalue weighted by atomic mass is 10.1. The summed E-state index contributed by atoms with van der Waals surface area (Å²) < 4.78 is 13.7. The quantitative estimate of drug-likeness (QED) is 0.120. The van der Waals surface area contributed by atoms with Crippen molar-refractivity contribution in [3.05, 3.63) is 70.2 Å². The van der Waals surface area contributed by atoms with Crippen LogP contribution in [0.2, 0.25) is 0 Å². The molecule has 0 bridgehead atoms. The molecule has 0 atom stereocenters. The van der Waals surface area contributed by atoms with Crippen LogP contribution in [0.1, 0.15) is 105 Å². The van der Waals surface area contributed by atoms with Crippen LogP contribution in [0.25, 0.3) is 0 Å². The number of amides is 1. The van der Waals surface area contributed by atoms with Crippen molar-refractivity contribution in [2.45, 2.75) is 97.4 Å². The van der Waals surface area contributed by atoms with E-state index in [1.54, 1.807) is 18.4 Å². The van der Waals surface area contributed by atoms with Crippen molar-refractivity contribution >= 4 is 22.9 Å². The number of aryl methyl sites for hydroxylation is 1. The molecule has 3 rings (SSSR count). The van der Waals surface area contributed by atoms with Crippen molar-refractivity contribution in [2.75, 3.05) is 19.0 Å². The van der Waals surface area contributed by atoms with Gasteiger partial charge in [0.1, 0.15) is 0 Å². The Balaban J connectivity index is 1.39. The zero-order valence-corrected chi connectivity index (χ0v) is 25.0. The first-order valence-corrected chi connectivity index (χ1v) is 15.6. The molecular formula is C33H47N2O3S+. The summed E-state index contributed by atoms with van der Waals surface area (Å²) in [5.74, 6) is 1.21. The van der Waals surface area contributed by atoms with Gasteiger partial charge in [-0.3, -0.25) is 4.79 Å². The number of carbonyl (C=O) groups is 1. The summed E-state index contributed by atoms with van der Waals surface area (Å²) in [6.45, 7) is 5.68. The Morgan fingerprint density at radius 3 is 2.18 bits per heavy atom. The number of rotatable bonds is 19. The average Bonchev–Trinajstić information content (AvgIpc) is 3.36. The minimum atomic E-state index is -0.134. The van der Waals surface area contributed by atoms with Gasteiger partial charge in [0.15, 0.2) is 24.2 Å². The van der Waals surface area contributed by atoms with Gasteiger partial charge >= 0.3 is 0 Å². The van der Waals surface area contributed by atoms with E-state index in [4.69, 9.17) is 9.47 Å². The summed E-state index contributed by atoms with van der Waals surface area (Å²) in [7, 11) is 1.63. The predicted molar refractivity (Wildman–Crippen MR) is 162 cm³/mol. The lowest BCUT2D eigenvalue weighted by Gasteiger charge is -2.13. The fourth-order valence-electron chi connectivity index (χ4n) is 4.79. The zero-order valence-electron chi connectivity index (χ0n) is 24.2. The molecule has 0 saturated carbocycles. The molecule has 1 heterocycles. The maximum Gasteiger partial charge on any atom is 0.256 e. The number of nitrogens with zero attached hydrogens (tertiary/aromatic N) is 1. The second kappa shape index (κ2) is 17.7. The molecule has 0 fully saturated rings. The number of aromatic nitrogens is 1. The van der Waals surface area contributed by atoms with Crippen molar-refractivity contribution in [1.82, 2.24) is 0 Å². The molecule has 1 N–H and O–H groups in total. The minimum absolute atomic E-state index is 0.134. The van der Waals surface area contributed by atoms with Gasteiger partial charge in [0, 0.05) is 22.9 Å². The number of ether oxygens (including phenoxy) is 2. The monoisotopic (exact) mass is 551 g/mol. The molecule has 0 spiro atoms. The average molecular weight is 552 g/mol. The summed E-state index contributed by atoms with van der Waals surface area (Å²) in [5, 5.41) is 3.03. The molecule has 0 aliphatic heterocycles. The molecule has 0 aliphatic rings. The van der Waals surface area contributed by atoms with Gasteiger partial charge in [-0.15, -0.1) is 0 Å². The Kier molecular flexibility index (Phi) is 13.9. The fraction of sp³-hybridized carbons (Fsp3) is 0.515. The predicted octanol–water partition coefficient (Wildman–Crippen LogP) is 8.73. The molecule has 3 aromatic rings. The van der Waals surface area contributed by atoms with Crippen molar-refractivity contribution < 1.29 is 18.8 Å². The summed E-state index contributed by atoms with van der Waals surface area (Å²) in [6, 6.07) is 13.3. The molecule has 1 aromatic heterocycles. The molecule has 5 nitrogen and oxygen atoms in total. The normalized spacial score (nSPS) is 10.9. The smallest absolute Gasteiger partial charge is 0.256 e. The maximum absolute atomic E-state index is 13.1. The highest BCUT2D eigenvalue weighted by Crippen LogP contribution is 2.31. The SMILES string of the molecule is CCCCCCCCCCCCCCOc1ccc(NC(=O)c2ccccc2C[n+]2csc(C)c2)cc1OC. The van der Waals surface area contributed by atoms with Crippen molar-refractivity contribution in [3.63, 3.8) is 0 Å². The van der Waals surface area contributed by atoms with Crippen LogP contribution in [0.5, 0.6) is 11.5 Å². The van der Waals surface area contributed by atoms with Gasteiger partial charge in [0.2, 0.25) is 5.51 Å². The molecule has 2 aromatic carbocycles.